The van der Waals surface area contributed by atoms with Crippen LogP contribution in [-0.2, 0) is 14.4 Å². The molecular formula is C10H16N2O4. The number of hydrogen-bond acceptors (Lipinski definition) is 3. The van der Waals surface area contributed by atoms with Crippen LogP contribution in [0.4, 0.5) is 0 Å². The Morgan fingerprint density at radius 1 is 1.31 bits per heavy atom. The molecule has 1 aliphatic rings. The second kappa shape index (κ2) is 5.48. The number of carboxylic acids is 1. The Labute approximate surface area is 93.6 Å². The minimum Gasteiger partial charge on any atom is -0.481 e. The minimum absolute atomic E-state index is 0.340. The summed E-state index contributed by atoms with van der Waals surface area (Å²) < 4.78 is 0. The lowest BCUT2D eigenvalue weighted by atomic mass is 9.97. The fourth-order valence-corrected chi connectivity index (χ4v) is 1.71. The quantitative estimate of drug-likeness (QED) is 0.621. The van der Waals surface area contributed by atoms with E-state index in [9.17, 15) is 14.4 Å². The van der Waals surface area contributed by atoms with Gasteiger partial charge >= 0.3 is 17.8 Å². The molecule has 2 amide bonds. The van der Waals surface area contributed by atoms with Gasteiger partial charge in [-0.25, -0.2) is 0 Å². The van der Waals surface area contributed by atoms with Gasteiger partial charge in [-0.2, -0.15) is 0 Å². The van der Waals surface area contributed by atoms with E-state index in [4.69, 9.17) is 5.11 Å². The van der Waals surface area contributed by atoms with Crippen LogP contribution in [0.25, 0.3) is 0 Å². The van der Waals surface area contributed by atoms with E-state index in [-0.39, 0.29) is 0 Å². The highest BCUT2D eigenvalue weighted by Gasteiger charge is 2.29. The summed E-state index contributed by atoms with van der Waals surface area (Å²) in [5.41, 5.74) is 0. The topological polar surface area (TPSA) is 86.7 Å². The molecular weight excluding hydrogens is 212 g/mol. The van der Waals surface area contributed by atoms with Crippen molar-refractivity contribution < 1.29 is 19.5 Å². The third kappa shape index (κ3) is 2.95. The van der Waals surface area contributed by atoms with Gasteiger partial charge in [0, 0.05) is 19.6 Å². The van der Waals surface area contributed by atoms with Crippen molar-refractivity contribution in [2.24, 2.45) is 5.92 Å². The van der Waals surface area contributed by atoms with Gasteiger partial charge in [-0.15, -0.1) is 0 Å². The molecule has 1 heterocycles. The Hall–Kier alpha value is -1.59. The predicted molar refractivity (Wildman–Crippen MR) is 55.6 cm³/mol. The molecule has 0 atom stereocenters. The van der Waals surface area contributed by atoms with Crippen molar-refractivity contribution in [3.05, 3.63) is 0 Å². The number of rotatable bonds is 2. The first-order chi connectivity index (χ1) is 7.56. The molecule has 6 nitrogen and oxygen atoms in total. The summed E-state index contributed by atoms with van der Waals surface area (Å²) in [4.78, 5) is 34.9. The maximum Gasteiger partial charge on any atom is 0.311 e. The maximum atomic E-state index is 11.5. The standard InChI is InChI=1S/C10H16N2O4/c1-2-11-8(13)9(14)12-5-3-7(4-6-12)10(15)16/h7H,2-6H2,1H3,(H,11,13)(H,15,16). The first-order valence-electron chi connectivity index (χ1n) is 5.36. The molecule has 1 fully saturated rings. The van der Waals surface area contributed by atoms with E-state index >= 15 is 0 Å². The minimum atomic E-state index is -0.829. The Bertz CT molecular complexity index is 295. The largest absolute Gasteiger partial charge is 0.481 e. The Balaban J connectivity index is 2.44. The summed E-state index contributed by atoms with van der Waals surface area (Å²) in [7, 11) is 0. The van der Waals surface area contributed by atoms with Crippen molar-refractivity contribution in [2.45, 2.75) is 19.8 Å². The molecule has 0 bridgehead atoms. The molecule has 0 spiro atoms. The fourth-order valence-electron chi connectivity index (χ4n) is 1.71. The number of carbonyl (C=O) groups is 3. The van der Waals surface area contributed by atoms with Gasteiger partial charge in [0.2, 0.25) is 0 Å². The molecule has 1 saturated heterocycles. The second-order valence-corrected chi connectivity index (χ2v) is 3.76. The Morgan fingerprint density at radius 2 is 1.88 bits per heavy atom. The molecule has 2 N–H and O–H groups in total. The lowest BCUT2D eigenvalue weighted by Crippen LogP contribution is -2.47. The average molecular weight is 228 g/mol. The van der Waals surface area contributed by atoms with E-state index in [1.54, 1.807) is 6.92 Å². The van der Waals surface area contributed by atoms with Crippen LogP contribution >= 0.6 is 0 Å². The van der Waals surface area contributed by atoms with Crippen LogP contribution in [0.5, 0.6) is 0 Å². The van der Waals surface area contributed by atoms with E-state index in [0.29, 0.717) is 32.5 Å². The number of piperidine rings is 1. The number of nitrogens with one attached hydrogen (secondary N) is 1. The zero-order valence-corrected chi connectivity index (χ0v) is 9.23. The van der Waals surface area contributed by atoms with E-state index in [1.165, 1.54) is 4.90 Å². The van der Waals surface area contributed by atoms with Crippen LogP contribution < -0.4 is 5.32 Å². The zero-order valence-electron chi connectivity index (χ0n) is 9.23. The summed E-state index contributed by atoms with van der Waals surface area (Å²) in [6.45, 7) is 2.83. The van der Waals surface area contributed by atoms with Crippen LogP contribution in [0, 0.1) is 5.92 Å². The zero-order chi connectivity index (χ0) is 12.1. The Kier molecular flexibility index (Phi) is 4.28. The predicted octanol–water partition coefficient (Wildman–Crippen LogP) is -0.554. The summed E-state index contributed by atoms with van der Waals surface area (Å²) in [5, 5.41) is 11.2. The SMILES string of the molecule is CCNC(=O)C(=O)N1CCC(C(=O)O)CC1. The number of likely N-dealkylation sites (tertiary alicyclic amines) is 1. The average Bonchev–Trinajstić information content (AvgIpc) is 2.28. The normalized spacial score (nSPS) is 16.9. The van der Waals surface area contributed by atoms with Gasteiger partial charge in [0.15, 0.2) is 0 Å². The number of likely N-dealkylation sites (N-methyl/N-ethyl adjacent to an activating group) is 1. The number of hydrogen-bond donors (Lipinski definition) is 2. The lowest BCUT2D eigenvalue weighted by Gasteiger charge is -2.29. The number of nitrogens with zero attached hydrogens (tertiary/aromatic N) is 1. The molecule has 90 valence electrons. The molecule has 0 saturated carbocycles. The number of carboxylic acid groups (broad SMARTS) is 1. The monoisotopic (exact) mass is 228 g/mol. The van der Waals surface area contributed by atoms with Gasteiger partial charge in [0.05, 0.1) is 5.92 Å². The van der Waals surface area contributed by atoms with Crippen LogP contribution in [-0.4, -0.2) is 47.4 Å². The van der Waals surface area contributed by atoms with Crippen LogP contribution in [0.1, 0.15) is 19.8 Å². The molecule has 6 heteroatoms. The van der Waals surface area contributed by atoms with Crippen molar-refractivity contribution in [2.75, 3.05) is 19.6 Å². The lowest BCUT2D eigenvalue weighted by molar-refractivity contribution is -0.149. The van der Waals surface area contributed by atoms with E-state index < -0.39 is 23.7 Å². The molecule has 16 heavy (non-hydrogen) atoms. The summed E-state index contributed by atoms with van der Waals surface area (Å²) >= 11 is 0. The first-order valence-corrected chi connectivity index (χ1v) is 5.36. The number of amides is 2. The summed E-state index contributed by atoms with van der Waals surface area (Å²) in [6.07, 6.45) is 0.834. The van der Waals surface area contributed by atoms with E-state index in [2.05, 4.69) is 5.32 Å². The van der Waals surface area contributed by atoms with Gasteiger partial charge in [-0.05, 0) is 19.8 Å². The molecule has 1 aliphatic heterocycles. The molecule has 0 unspecified atom stereocenters. The third-order valence-corrected chi connectivity index (χ3v) is 2.66. The molecule has 0 aromatic rings. The fraction of sp³-hybridized carbons (Fsp3) is 0.700. The van der Waals surface area contributed by atoms with Gasteiger partial charge < -0.3 is 15.3 Å². The van der Waals surface area contributed by atoms with Gasteiger partial charge in [0.1, 0.15) is 0 Å². The van der Waals surface area contributed by atoms with Crippen LogP contribution in [0.3, 0.4) is 0 Å². The van der Waals surface area contributed by atoms with Crippen LogP contribution in [0.2, 0.25) is 0 Å². The molecule has 0 radical (unpaired) electrons. The molecule has 0 aromatic heterocycles. The molecule has 0 aromatic carbocycles. The highest BCUT2D eigenvalue weighted by molar-refractivity contribution is 6.35. The van der Waals surface area contributed by atoms with Crippen LogP contribution in [0.15, 0.2) is 0 Å². The number of carbonyl (C=O) groups excluding carboxylic acids is 2. The van der Waals surface area contributed by atoms with Crippen molar-refractivity contribution in [3.63, 3.8) is 0 Å². The van der Waals surface area contributed by atoms with Crippen molar-refractivity contribution in [1.29, 1.82) is 0 Å². The summed E-state index contributed by atoms with van der Waals surface area (Å²) in [5.74, 6) is -2.40. The highest BCUT2D eigenvalue weighted by atomic mass is 16.4. The first kappa shape index (κ1) is 12.5. The number of aliphatic carboxylic acids is 1. The van der Waals surface area contributed by atoms with Crippen molar-refractivity contribution in [1.82, 2.24) is 10.2 Å². The maximum absolute atomic E-state index is 11.5. The second-order valence-electron chi connectivity index (χ2n) is 3.76. The van der Waals surface area contributed by atoms with Gasteiger partial charge in [-0.1, -0.05) is 0 Å². The smallest absolute Gasteiger partial charge is 0.311 e. The Morgan fingerprint density at radius 3 is 2.31 bits per heavy atom. The van der Waals surface area contributed by atoms with E-state index in [1.807, 2.05) is 0 Å². The van der Waals surface area contributed by atoms with Gasteiger partial charge in [-0.3, -0.25) is 14.4 Å². The van der Waals surface area contributed by atoms with Crippen molar-refractivity contribution in [3.8, 4) is 0 Å². The summed E-state index contributed by atoms with van der Waals surface area (Å²) in [6, 6.07) is 0. The molecule has 1 rings (SSSR count). The molecule has 0 aliphatic carbocycles. The highest BCUT2D eigenvalue weighted by Crippen LogP contribution is 2.17. The van der Waals surface area contributed by atoms with E-state index in [0.717, 1.165) is 0 Å². The van der Waals surface area contributed by atoms with Gasteiger partial charge in [0.25, 0.3) is 0 Å². The third-order valence-electron chi connectivity index (χ3n) is 2.66. The van der Waals surface area contributed by atoms with Crippen molar-refractivity contribution >= 4 is 17.8 Å².